The Morgan fingerprint density at radius 3 is 2.52 bits per heavy atom. The maximum atomic E-state index is 13.8. The van der Waals surface area contributed by atoms with Gasteiger partial charge < -0.3 is 15.4 Å². The normalized spacial score (nSPS) is 10.5. The number of aromatic nitrogens is 2. The van der Waals surface area contributed by atoms with Gasteiger partial charge in [0.25, 0.3) is 5.91 Å². The molecule has 6 nitrogen and oxygen atoms in total. The zero-order valence-electron chi connectivity index (χ0n) is 16.0. The molecule has 0 aliphatic carbocycles. The summed E-state index contributed by atoms with van der Waals surface area (Å²) in [6.07, 6.45) is 0.745. The minimum atomic E-state index is -0.859. The maximum Gasteiger partial charge on any atom is 0.274 e. The molecule has 0 aliphatic rings. The van der Waals surface area contributed by atoms with Gasteiger partial charge in [-0.05, 0) is 43.2 Å². The van der Waals surface area contributed by atoms with E-state index in [9.17, 15) is 13.6 Å². The third-order valence-electron chi connectivity index (χ3n) is 4.13. The first-order chi connectivity index (χ1) is 13.9. The molecule has 0 saturated carbocycles. The highest BCUT2D eigenvalue weighted by atomic mass is 19.1. The highest BCUT2D eigenvalue weighted by Gasteiger charge is 2.13. The Hall–Kier alpha value is -3.55. The number of nitrogens with zero attached hydrogens (tertiary/aromatic N) is 2. The smallest absolute Gasteiger partial charge is 0.274 e. The molecular weight excluding hydrogens is 378 g/mol. The molecule has 1 heterocycles. The number of carbonyl (C=O) groups is 1. The second-order valence-electron chi connectivity index (χ2n) is 6.29. The van der Waals surface area contributed by atoms with Crippen LogP contribution in [0.1, 0.15) is 21.9 Å². The van der Waals surface area contributed by atoms with Crippen molar-refractivity contribution in [1.82, 2.24) is 9.97 Å². The summed E-state index contributed by atoms with van der Waals surface area (Å²) in [5.41, 5.74) is 1.07. The van der Waals surface area contributed by atoms with Gasteiger partial charge in [0.05, 0.1) is 12.8 Å². The summed E-state index contributed by atoms with van der Waals surface area (Å²) in [7, 11) is 1.62. The van der Waals surface area contributed by atoms with Crippen LogP contribution >= 0.6 is 0 Å². The van der Waals surface area contributed by atoms with Gasteiger partial charge in [-0.2, -0.15) is 0 Å². The van der Waals surface area contributed by atoms with Gasteiger partial charge in [0.2, 0.25) is 0 Å². The maximum absolute atomic E-state index is 13.8. The van der Waals surface area contributed by atoms with Crippen molar-refractivity contribution in [3.63, 3.8) is 0 Å². The average Bonchev–Trinajstić information content (AvgIpc) is 2.70. The quantitative estimate of drug-likeness (QED) is 0.630. The lowest BCUT2D eigenvalue weighted by atomic mass is 10.1. The molecule has 29 heavy (non-hydrogen) atoms. The molecule has 0 atom stereocenters. The van der Waals surface area contributed by atoms with Gasteiger partial charge >= 0.3 is 0 Å². The van der Waals surface area contributed by atoms with Crippen molar-refractivity contribution in [2.24, 2.45) is 0 Å². The Labute approximate surface area is 167 Å². The minimum absolute atomic E-state index is 0.0770. The number of carbonyl (C=O) groups excluding carboxylic acids is 1. The Kier molecular flexibility index (Phi) is 6.33. The van der Waals surface area contributed by atoms with Crippen molar-refractivity contribution in [3.8, 4) is 5.75 Å². The summed E-state index contributed by atoms with van der Waals surface area (Å²) in [5.74, 6) is -0.524. The lowest BCUT2D eigenvalue weighted by Crippen LogP contribution is -2.17. The van der Waals surface area contributed by atoms with E-state index in [0.717, 1.165) is 29.9 Å². The van der Waals surface area contributed by atoms with Crippen LogP contribution in [0.5, 0.6) is 5.75 Å². The van der Waals surface area contributed by atoms with Crippen LogP contribution in [-0.4, -0.2) is 29.5 Å². The molecule has 8 heteroatoms. The molecule has 2 aromatic carbocycles. The SMILES string of the molecule is COc1ccc(CCNc2cc(C(=O)Nc3ccc(F)cc3F)nc(C)n2)cc1. The Bertz CT molecular complexity index is 1010. The van der Waals surface area contributed by atoms with Gasteiger partial charge in [-0.25, -0.2) is 18.7 Å². The van der Waals surface area contributed by atoms with Crippen molar-refractivity contribution in [2.45, 2.75) is 13.3 Å². The van der Waals surface area contributed by atoms with Crippen molar-refractivity contribution in [1.29, 1.82) is 0 Å². The fraction of sp³-hybridized carbons (Fsp3) is 0.190. The van der Waals surface area contributed by atoms with E-state index in [4.69, 9.17) is 4.74 Å². The van der Waals surface area contributed by atoms with Crippen molar-refractivity contribution >= 4 is 17.4 Å². The van der Waals surface area contributed by atoms with Crippen molar-refractivity contribution in [3.05, 3.63) is 77.2 Å². The molecular formula is C21H20F2N4O2. The monoisotopic (exact) mass is 398 g/mol. The summed E-state index contributed by atoms with van der Waals surface area (Å²) in [4.78, 5) is 20.8. The van der Waals surface area contributed by atoms with Crippen LogP contribution in [0.2, 0.25) is 0 Å². The van der Waals surface area contributed by atoms with Gasteiger partial charge in [0.15, 0.2) is 0 Å². The van der Waals surface area contributed by atoms with Gasteiger partial charge in [0.1, 0.15) is 34.7 Å². The standard InChI is InChI=1S/C21H20F2N4O2/c1-13-25-19(21(28)27-18-8-5-15(22)11-17(18)23)12-20(26-13)24-10-9-14-3-6-16(29-2)7-4-14/h3-8,11-12H,9-10H2,1-2H3,(H,27,28)(H,24,25,26). The highest BCUT2D eigenvalue weighted by Crippen LogP contribution is 2.17. The molecule has 1 aromatic heterocycles. The van der Waals surface area contributed by atoms with E-state index in [1.165, 1.54) is 6.07 Å². The fourth-order valence-electron chi connectivity index (χ4n) is 2.68. The molecule has 0 radical (unpaired) electrons. The number of ether oxygens (including phenoxy) is 1. The first-order valence-electron chi connectivity index (χ1n) is 8.93. The summed E-state index contributed by atoms with van der Waals surface area (Å²) in [6.45, 7) is 2.25. The Balaban J connectivity index is 1.64. The molecule has 150 valence electrons. The summed E-state index contributed by atoms with van der Waals surface area (Å²) >= 11 is 0. The second kappa shape index (κ2) is 9.09. The fourth-order valence-corrected chi connectivity index (χ4v) is 2.68. The first kappa shape index (κ1) is 20.2. The third-order valence-corrected chi connectivity index (χ3v) is 4.13. The van der Waals surface area contributed by atoms with Crippen LogP contribution in [0.3, 0.4) is 0 Å². The lowest BCUT2D eigenvalue weighted by Gasteiger charge is -2.10. The predicted molar refractivity (Wildman–Crippen MR) is 106 cm³/mol. The van der Waals surface area contributed by atoms with Crippen LogP contribution < -0.4 is 15.4 Å². The Morgan fingerprint density at radius 1 is 1.07 bits per heavy atom. The number of halogens is 2. The van der Waals surface area contributed by atoms with E-state index in [0.29, 0.717) is 24.3 Å². The van der Waals surface area contributed by atoms with E-state index >= 15 is 0 Å². The number of rotatable bonds is 7. The number of hydrogen-bond acceptors (Lipinski definition) is 5. The Morgan fingerprint density at radius 2 is 1.83 bits per heavy atom. The summed E-state index contributed by atoms with van der Waals surface area (Å²) < 4.78 is 31.9. The number of aryl methyl sites for hydroxylation is 1. The number of methoxy groups -OCH3 is 1. The van der Waals surface area contributed by atoms with Crippen molar-refractivity contribution < 1.29 is 18.3 Å². The molecule has 3 rings (SSSR count). The molecule has 0 fully saturated rings. The molecule has 0 saturated heterocycles. The van der Waals surface area contributed by atoms with Crippen LogP contribution in [-0.2, 0) is 6.42 Å². The average molecular weight is 398 g/mol. The zero-order chi connectivity index (χ0) is 20.8. The van der Waals surface area contributed by atoms with E-state index in [2.05, 4.69) is 20.6 Å². The molecule has 1 amide bonds. The van der Waals surface area contributed by atoms with Gasteiger partial charge in [-0.3, -0.25) is 4.79 Å². The van der Waals surface area contributed by atoms with E-state index < -0.39 is 17.5 Å². The van der Waals surface area contributed by atoms with Gasteiger partial charge in [0, 0.05) is 18.7 Å². The second-order valence-corrected chi connectivity index (χ2v) is 6.29. The molecule has 0 unspecified atom stereocenters. The van der Waals surface area contributed by atoms with Crippen LogP contribution in [0.25, 0.3) is 0 Å². The number of amides is 1. The summed E-state index contributed by atoms with van der Waals surface area (Å²) in [5, 5.41) is 5.54. The number of benzene rings is 2. The van der Waals surface area contributed by atoms with Crippen molar-refractivity contribution in [2.75, 3.05) is 24.3 Å². The molecule has 0 spiro atoms. The third kappa shape index (κ3) is 5.47. The highest BCUT2D eigenvalue weighted by molar-refractivity contribution is 6.03. The number of anilines is 2. The van der Waals surface area contributed by atoms with E-state index in [1.807, 2.05) is 24.3 Å². The van der Waals surface area contributed by atoms with E-state index in [1.54, 1.807) is 14.0 Å². The van der Waals surface area contributed by atoms with Crippen LogP contribution in [0.4, 0.5) is 20.3 Å². The molecule has 3 aromatic rings. The zero-order valence-corrected chi connectivity index (χ0v) is 16.0. The predicted octanol–water partition coefficient (Wildman–Crippen LogP) is 3.98. The van der Waals surface area contributed by atoms with Gasteiger partial charge in [-0.15, -0.1) is 0 Å². The first-order valence-corrected chi connectivity index (χ1v) is 8.93. The van der Waals surface area contributed by atoms with Gasteiger partial charge in [-0.1, -0.05) is 12.1 Å². The van der Waals surface area contributed by atoms with Crippen LogP contribution in [0, 0.1) is 18.6 Å². The number of nitrogens with one attached hydrogen (secondary N) is 2. The largest absolute Gasteiger partial charge is 0.497 e. The van der Waals surface area contributed by atoms with Crippen LogP contribution in [0.15, 0.2) is 48.5 Å². The molecule has 0 bridgehead atoms. The lowest BCUT2D eigenvalue weighted by molar-refractivity contribution is 0.102. The topological polar surface area (TPSA) is 76.1 Å². The molecule has 2 N–H and O–H groups in total. The molecule has 0 aliphatic heterocycles. The van der Waals surface area contributed by atoms with E-state index in [-0.39, 0.29) is 11.4 Å². The summed E-state index contributed by atoms with van der Waals surface area (Å²) in [6, 6.07) is 12.1. The number of hydrogen-bond donors (Lipinski definition) is 2. The minimum Gasteiger partial charge on any atom is -0.497 e.